The fourth-order valence-corrected chi connectivity index (χ4v) is 3.81. The molecule has 0 aliphatic carbocycles. The van der Waals surface area contributed by atoms with Crippen molar-refractivity contribution in [1.29, 1.82) is 0 Å². The first kappa shape index (κ1) is 15.6. The van der Waals surface area contributed by atoms with Crippen molar-refractivity contribution in [3.05, 3.63) is 35.8 Å². The largest absolute Gasteiger partial charge is 0.367 e. The monoisotopic (exact) mass is 326 g/mol. The molecule has 0 atom stereocenters. The summed E-state index contributed by atoms with van der Waals surface area (Å²) in [4.78, 5) is 15.6. The van der Waals surface area contributed by atoms with Gasteiger partial charge < -0.3 is 9.88 Å². The van der Waals surface area contributed by atoms with Crippen molar-refractivity contribution in [3.63, 3.8) is 0 Å². The summed E-state index contributed by atoms with van der Waals surface area (Å²) >= 11 is 0. The first-order valence-corrected chi connectivity index (χ1v) is 9.09. The first-order chi connectivity index (χ1) is 11.8. The molecule has 0 aromatic carbocycles. The SMILES string of the molecule is Cc1cc(NC2CCN(Cc3cnc4n3CCCC4)CC2)ncn1. The molecule has 0 spiro atoms. The summed E-state index contributed by atoms with van der Waals surface area (Å²) in [6, 6.07) is 2.53. The van der Waals surface area contributed by atoms with Gasteiger partial charge in [0.1, 0.15) is 18.0 Å². The molecule has 1 N–H and O–H groups in total. The molecular formula is C18H26N6. The van der Waals surface area contributed by atoms with Crippen molar-refractivity contribution < 1.29 is 0 Å². The number of anilines is 1. The van der Waals surface area contributed by atoms with Gasteiger partial charge in [0, 0.05) is 56.6 Å². The Labute approximate surface area is 143 Å². The highest BCUT2D eigenvalue weighted by Gasteiger charge is 2.22. The topological polar surface area (TPSA) is 58.9 Å². The second-order valence-corrected chi connectivity index (χ2v) is 7.01. The molecule has 1 fully saturated rings. The van der Waals surface area contributed by atoms with Gasteiger partial charge in [-0.1, -0.05) is 0 Å². The molecule has 6 nitrogen and oxygen atoms in total. The third-order valence-corrected chi connectivity index (χ3v) is 5.18. The molecule has 2 aliphatic rings. The van der Waals surface area contributed by atoms with E-state index in [2.05, 4.69) is 35.9 Å². The number of nitrogens with one attached hydrogen (secondary N) is 1. The van der Waals surface area contributed by atoms with E-state index in [1.54, 1.807) is 6.33 Å². The molecule has 4 rings (SSSR count). The van der Waals surface area contributed by atoms with Gasteiger partial charge in [0.25, 0.3) is 0 Å². The summed E-state index contributed by atoms with van der Waals surface area (Å²) in [6.45, 7) is 6.44. The zero-order chi connectivity index (χ0) is 16.4. The number of rotatable bonds is 4. The van der Waals surface area contributed by atoms with E-state index in [4.69, 9.17) is 0 Å². The highest BCUT2D eigenvalue weighted by Crippen LogP contribution is 2.20. The van der Waals surface area contributed by atoms with Crippen molar-refractivity contribution >= 4 is 5.82 Å². The fraction of sp³-hybridized carbons (Fsp3) is 0.611. The van der Waals surface area contributed by atoms with Crippen LogP contribution < -0.4 is 5.32 Å². The fourth-order valence-electron chi connectivity index (χ4n) is 3.81. The van der Waals surface area contributed by atoms with Crippen molar-refractivity contribution in [3.8, 4) is 0 Å². The highest BCUT2D eigenvalue weighted by atomic mass is 15.2. The summed E-state index contributed by atoms with van der Waals surface area (Å²) in [6.07, 6.45) is 9.76. The Morgan fingerprint density at radius 1 is 1.12 bits per heavy atom. The zero-order valence-electron chi connectivity index (χ0n) is 14.4. The van der Waals surface area contributed by atoms with Crippen LogP contribution in [0, 0.1) is 6.92 Å². The van der Waals surface area contributed by atoms with Gasteiger partial charge in [0.2, 0.25) is 0 Å². The lowest BCUT2D eigenvalue weighted by Crippen LogP contribution is -2.39. The van der Waals surface area contributed by atoms with Crippen molar-refractivity contribution in [1.82, 2.24) is 24.4 Å². The maximum absolute atomic E-state index is 4.61. The van der Waals surface area contributed by atoms with Crippen LogP contribution in [-0.2, 0) is 19.5 Å². The summed E-state index contributed by atoms with van der Waals surface area (Å²) in [5, 5.41) is 3.56. The Balaban J connectivity index is 1.31. The lowest BCUT2D eigenvalue weighted by Gasteiger charge is -2.32. The molecule has 4 heterocycles. The van der Waals surface area contributed by atoms with E-state index in [9.17, 15) is 0 Å². The molecular weight excluding hydrogens is 300 g/mol. The first-order valence-electron chi connectivity index (χ1n) is 9.09. The van der Waals surface area contributed by atoms with Gasteiger partial charge in [-0.2, -0.15) is 0 Å². The molecule has 0 amide bonds. The van der Waals surface area contributed by atoms with E-state index < -0.39 is 0 Å². The van der Waals surface area contributed by atoms with Crippen molar-refractivity contribution in [2.24, 2.45) is 0 Å². The van der Waals surface area contributed by atoms with Gasteiger partial charge in [0.15, 0.2) is 0 Å². The molecule has 2 aromatic rings. The minimum absolute atomic E-state index is 0.509. The van der Waals surface area contributed by atoms with Crippen molar-refractivity contribution in [2.45, 2.75) is 58.2 Å². The standard InChI is InChI=1S/C18H26N6/c1-14-10-17(21-13-20-14)22-15-5-8-23(9-6-15)12-16-11-19-18-4-2-3-7-24(16)18/h10-11,13,15H,2-9,12H2,1H3,(H,20,21,22). The minimum Gasteiger partial charge on any atom is -0.367 e. The van der Waals surface area contributed by atoms with Gasteiger partial charge in [-0.15, -0.1) is 0 Å². The number of likely N-dealkylation sites (tertiary alicyclic amines) is 1. The number of imidazole rings is 1. The summed E-state index contributed by atoms with van der Waals surface area (Å²) in [5.74, 6) is 2.23. The van der Waals surface area contributed by atoms with Crippen LogP contribution in [0.5, 0.6) is 0 Å². The Morgan fingerprint density at radius 3 is 2.83 bits per heavy atom. The van der Waals surface area contributed by atoms with E-state index in [1.165, 1.54) is 24.4 Å². The van der Waals surface area contributed by atoms with Crippen LogP contribution in [0.4, 0.5) is 5.82 Å². The summed E-state index contributed by atoms with van der Waals surface area (Å²) < 4.78 is 2.44. The smallest absolute Gasteiger partial charge is 0.129 e. The Bertz CT molecular complexity index is 687. The van der Waals surface area contributed by atoms with Gasteiger partial charge in [0.05, 0.1) is 5.69 Å². The summed E-state index contributed by atoms with van der Waals surface area (Å²) in [5.41, 5.74) is 2.40. The van der Waals surface area contributed by atoms with Crippen LogP contribution in [-0.4, -0.2) is 43.6 Å². The summed E-state index contributed by atoms with van der Waals surface area (Å²) in [7, 11) is 0. The van der Waals surface area contributed by atoms with Crippen LogP contribution in [0.25, 0.3) is 0 Å². The molecule has 2 aromatic heterocycles. The zero-order valence-corrected chi connectivity index (χ0v) is 14.4. The Kier molecular flexibility index (Phi) is 4.47. The van der Waals surface area contributed by atoms with E-state index in [0.717, 1.165) is 57.0 Å². The predicted octanol–water partition coefficient (Wildman–Crippen LogP) is 2.39. The number of hydrogen-bond acceptors (Lipinski definition) is 5. The lowest BCUT2D eigenvalue weighted by molar-refractivity contribution is 0.205. The average molecular weight is 326 g/mol. The minimum atomic E-state index is 0.509. The second kappa shape index (κ2) is 6.89. The van der Waals surface area contributed by atoms with Crippen LogP contribution in [0.3, 0.4) is 0 Å². The van der Waals surface area contributed by atoms with E-state index in [-0.39, 0.29) is 0 Å². The number of fused-ring (bicyclic) bond motifs is 1. The van der Waals surface area contributed by atoms with Gasteiger partial charge >= 0.3 is 0 Å². The maximum atomic E-state index is 4.61. The number of aromatic nitrogens is 4. The Hall–Kier alpha value is -1.95. The normalized spacial score (nSPS) is 19.2. The van der Waals surface area contributed by atoms with Crippen LogP contribution in [0.15, 0.2) is 18.6 Å². The van der Waals surface area contributed by atoms with E-state index >= 15 is 0 Å². The number of nitrogens with zero attached hydrogens (tertiary/aromatic N) is 5. The van der Waals surface area contributed by atoms with Gasteiger partial charge in [-0.25, -0.2) is 15.0 Å². The molecule has 6 heteroatoms. The van der Waals surface area contributed by atoms with E-state index in [1.807, 2.05) is 13.0 Å². The number of hydrogen-bond donors (Lipinski definition) is 1. The van der Waals surface area contributed by atoms with Crippen molar-refractivity contribution in [2.75, 3.05) is 18.4 Å². The third kappa shape index (κ3) is 3.43. The number of aryl methyl sites for hydroxylation is 2. The van der Waals surface area contributed by atoms with Gasteiger partial charge in [-0.3, -0.25) is 4.90 Å². The molecule has 128 valence electrons. The molecule has 0 radical (unpaired) electrons. The Morgan fingerprint density at radius 2 is 2.00 bits per heavy atom. The van der Waals surface area contributed by atoms with Crippen LogP contribution in [0.2, 0.25) is 0 Å². The molecule has 2 aliphatic heterocycles. The highest BCUT2D eigenvalue weighted by molar-refractivity contribution is 5.35. The average Bonchev–Trinajstić information content (AvgIpc) is 3.00. The molecule has 0 bridgehead atoms. The molecule has 24 heavy (non-hydrogen) atoms. The predicted molar refractivity (Wildman–Crippen MR) is 93.9 cm³/mol. The van der Waals surface area contributed by atoms with Crippen LogP contribution in [0.1, 0.15) is 42.9 Å². The number of piperidine rings is 1. The third-order valence-electron chi connectivity index (χ3n) is 5.18. The van der Waals surface area contributed by atoms with E-state index in [0.29, 0.717) is 6.04 Å². The lowest BCUT2D eigenvalue weighted by atomic mass is 10.0. The van der Waals surface area contributed by atoms with Gasteiger partial charge in [-0.05, 0) is 32.6 Å². The second-order valence-electron chi connectivity index (χ2n) is 7.01. The molecule has 0 saturated carbocycles. The maximum Gasteiger partial charge on any atom is 0.129 e. The van der Waals surface area contributed by atoms with Crippen LogP contribution >= 0.6 is 0 Å². The molecule has 1 saturated heterocycles. The molecule has 0 unspecified atom stereocenters. The quantitative estimate of drug-likeness (QED) is 0.935.